The summed E-state index contributed by atoms with van der Waals surface area (Å²) in [6.45, 7) is 2.17. The molecule has 0 aliphatic heterocycles. The molecule has 1 aromatic carbocycles. The minimum atomic E-state index is 0. The molecule has 0 saturated heterocycles. The van der Waals surface area contributed by atoms with Gasteiger partial charge in [0.15, 0.2) is 5.96 Å². The van der Waals surface area contributed by atoms with Crippen LogP contribution in [0.1, 0.15) is 29.9 Å². The Morgan fingerprint density at radius 2 is 1.91 bits per heavy atom. The third-order valence-corrected chi connectivity index (χ3v) is 3.98. The average molecular weight is 408 g/mol. The smallest absolute Gasteiger partial charge is 0.194 e. The molecule has 1 aliphatic rings. The SMILES string of the molecule is Cc1ccccc1C1CC(N=C(N)Nc2ccccn2)C1.I. The highest BCUT2D eigenvalue weighted by atomic mass is 127. The molecule has 1 aromatic heterocycles. The Kier molecular flexibility index (Phi) is 5.76. The van der Waals surface area contributed by atoms with Crippen LogP contribution in [0.5, 0.6) is 0 Å². The number of nitrogens with zero attached hydrogens (tertiary/aromatic N) is 2. The van der Waals surface area contributed by atoms with Gasteiger partial charge in [-0.2, -0.15) is 0 Å². The Morgan fingerprint density at radius 3 is 2.59 bits per heavy atom. The quantitative estimate of drug-likeness (QED) is 0.463. The summed E-state index contributed by atoms with van der Waals surface area (Å²) >= 11 is 0. The van der Waals surface area contributed by atoms with Crippen molar-refractivity contribution < 1.29 is 0 Å². The summed E-state index contributed by atoms with van der Waals surface area (Å²) in [4.78, 5) is 8.70. The molecule has 3 rings (SSSR count). The number of hydrogen-bond acceptors (Lipinski definition) is 2. The molecule has 4 nitrogen and oxygen atoms in total. The fraction of sp³-hybridized carbons (Fsp3) is 0.294. The highest BCUT2D eigenvalue weighted by molar-refractivity contribution is 14.0. The highest BCUT2D eigenvalue weighted by Crippen LogP contribution is 2.39. The van der Waals surface area contributed by atoms with E-state index < -0.39 is 0 Å². The van der Waals surface area contributed by atoms with E-state index in [9.17, 15) is 0 Å². The number of aromatic nitrogens is 1. The van der Waals surface area contributed by atoms with Crippen LogP contribution in [0, 0.1) is 6.92 Å². The van der Waals surface area contributed by atoms with E-state index in [1.165, 1.54) is 11.1 Å². The summed E-state index contributed by atoms with van der Waals surface area (Å²) in [5.74, 6) is 1.79. The molecule has 0 atom stereocenters. The average Bonchev–Trinajstić information content (AvgIpc) is 2.45. The summed E-state index contributed by atoms with van der Waals surface area (Å²) < 4.78 is 0. The number of rotatable bonds is 3. The number of hydrogen-bond donors (Lipinski definition) is 2. The van der Waals surface area contributed by atoms with E-state index in [0.717, 1.165) is 18.7 Å². The van der Waals surface area contributed by atoms with E-state index in [1.54, 1.807) is 6.20 Å². The lowest BCUT2D eigenvalue weighted by Crippen LogP contribution is -2.31. The van der Waals surface area contributed by atoms with Gasteiger partial charge < -0.3 is 11.1 Å². The molecule has 0 unspecified atom stereocenters. The summed E-state index contributed by atoms with van der Waals surface area (Å²) in [6.07, 6.45) is 3.86. The minimum absolute atomic E-state index is 0. The number of halogens is 1. The van der Waals surface area contributed by atoms with E-state index in [1.807, 2.05) is 18.2 Å². The predicted molar refractivity (Wildman–Crippen MR) is 102 cm³/mol. The molecule has 0 spiro atoms. The number of nitrogens with one attached hydrogen (secondary N) is 1. The van der Waals surface area contributed by atoms with Gasteiger partial charge in [0, 0.05) is 6.20 Å². The zero-order valence-electron chi connectivity index (χ0n) is 12.6. The largest absolute Gasteiger partial charge is 0.370 e. The van der Waals surface area contributed by atoms with E-state index in [4.69, 9.17) is 5.73 Å². The lowest BCUT2D eigenvalue weighted by Gasteiger charge is -2.34. The number of anilines is 1. The fourth-order valence-corrected chi connectivity index (χ4v) is 2.79. The third kappa shape index (κ3) is 3.97. The summed E-state index contributed by atoms with van der Waals surface area (Å²) in [5.41, 5.74) is 8.74. The van der Waals surface area contributed by atoms with Crippen LogP contribution in [-0.4, -0.2) is 17.0 Å². The van der Waals surface area contributed by atoms with E-state index in [0.29, 0.717) is 17.9 Å². The third-order valence-electron chi connectivity index (χ3n) is 3.98. The van der Waals surface area contributed by atoms with E-state index in [-0.39, 0.29) is 24.0 Å². The van der Waals surface area contributed by atoms with Crippen LogP contribution in [-0.2, 0) is 0 Å². The predicted octanol–water partition coefficient (Wildman–Crippen LogP) is 3.68. The molecule has 3 N–H and O–H groups in total. The van der Waals surface area contributed by atoms with E-state index in [2.05, 4.69) is 46.5 Å². The maximum absolute atomic E-state index is 5.93. The van der Waals surface area contributed by atoms with Gasteiger partial charge in [-0.1, -0.05) is 30.3 Å². The first-order valence-corrected chi connectivity index (χ1v) is 7.29. The van der Waals surface area contributed by atoms with Gasteiger partial charge in [-0.05, 0) is 48.9 Å². The monoisotopic (exact) mass is 408 g/mol. The van der Waals surface area contributed by atoms with Crippen LogP contribution in [0.4, 0.5) is 5.82 Å². The molecule has 116 valence electrons. The number of pyridine rings is 1. The van der Waals surface area contributed by atoms with E-state index >= 15 is 0 Å². The van der Waals surface area contributed by atoms with Crippen LogP contribution >= 0.6 is 24.0 Å². The van der Waals surface area contributed by atoms with Crippen molar-refractivity contribution in [2.45, 2.75) is 31.7 Å². The molecule has 1 saturated carbocycles. The van der Waals surface area contributed by atoms with Crippen LogP contribution in [0.2, 0.25) is 0 Å². The Morgan fingerprint density at radius 1 is 1.18 bits per heavy atom. The van der Waals surface area contributed by atoms with Crippen LogP contribution < -0.4 is 11.1 Å². The van der Waals surface area contributed by atoms with Gasteiger partial charge in [0.1, 0.15) is 5.82 Å². The standard InChI is InChI=1S/C17H20N4.HI/c1-12-6-2-3-7-15(12)13-10-14(11-13)20-17(18)21-16-8-4-5-9-19-16;/h2-9,13-14H,10-11H2,1H3,(H3,18,19,20,21);1H. The van der Waals surface area contributed by atoms with Gasteiger partial charge in [0.2, 0.25) is 0 Å². The van der Waals surface area contributed by atoms with Gasteiger partial charge in [-0.25, -0.2) is 9.98 Å². The van der Waals surface area contributed by atoms with Gasteiger partial charge in [0.25, 0.3) is 0 Å². The number of benzene rings is 1. The van der Waals surface area contributed by atoms with Crippen molar-refractivity contribution in [3.05, 3.63) is 59.8 Å². The maximum atomic E-state index is 5.93. The fourth-order valence-electron chi connectivity index (χ4n) is 2.79. The molecule has 1 fully saturated rings. The maximum Gasteiger partial charge on any atom is 0.194 e. The molecule has 0 radical (unpaired) electrons. The molecule has 1 aliphatic carbocycles. The molecule has 2 aromatic rings. The highest BCUT2D eigenvalue weighted by Gasteiger charge is 2.30. The number of aliphatic imine (C=N–C) groups is 1. The Bertz CT molecular complexity index is 636. The van der Waals surface area contributed by atoms with Crippen molar-refractivity contribution in [3.63, 3.8) is 0 Å². The number of nitrogens with two attached hydrogens (primary N) is 1. The summed E-state index contributed by atoms with van der Waals surface area (Å²) in [5, 5.41) is 3.02. The molecular weight excluding hydrogens is 387 g/mol. The second-order valence-electron chi connectivity index (χ2n) is 5.53. The molecule has 1 heterocycles. The number of guanidine groups is 1. The second-order valence-corrected chi connectivity index (χ2v) is 5.53. The number of aryl methyl sites for hydroxylation is 1. The molecule has 0 bridgehead atoms. The zero-order chi connectivity index (χ0) is 14.7. The normalized spacial score (nSPS) is 20.7. The molecular formula is C17H21IN4. The molecule has 0 amide bonds. The van der Waals surface area contributed by atoms with Crippen molar-refractivity contribution >= 4 is 35.8 Å². The lowest BCUT2D eigenvalue weighted by atomic mass is 9.75. The second kappa shape index (κ2) is 7.58. The first kappa shape index (κ1) is 16.7. The van der Waals surface area contributed by atoms with Crippen LogP contribution in [0.25, 0.3) is 0 Å². The zero-order valence-corrected chi connectivity index (χ0v) is 14.9. The summed E-state index contributed by atoms with van der Waals surface area (Å²) in [7, 11) is 0. The molecule has 22 heavy (non-hydrogen) atoms. The van der Waals surface area contributed by atoms with Crippen molar-refractivity contribution in [1.82, 2.24) is 4.98 Å². The Hall–Kier alpha value is -1.63. The first-order valence-electron chi connectivity index (χ1n) is 7.29. The minimum Gasteiger partial charge on any atom is -0.370 e. The first-order chi connectivity index (χ1) is 10.2. The van der Waals surface area contributed by atoms with Crippen molar-refractivity contribution in [1.29, 1.82) is 0 Å². The van der Waals surface area contributed by atoms with Crippen molar-refractivity contribution in [3.8, 4) is 0 Å². The summed E-state index contributed by atoms with van der Waals surface area (Å²) in [6, 6.07) is 14.6. The Balaban J connectivity index is 0.00000176. The van der Waals surface area contributed by atoms with Crippen LogP contribution in [0.3, 0.4) is 0 Å². The van der Waals surface area contributed by atoms with Crippen molar-refractivity contribution in [2.24, 2.45) is 10.7 Å². The Labute approximate surface area is 148 Å². The topological polar surface area (TPSA) is 63.3 Å². The van der Waals surface area contributed by atoms with Gasteiger partial charge in [-0.15, -0.1) is 24.0 Å². The van der Waals surface area contributed by atoms with Gasteiger partial charge >= 0.3 is 0 Å². The lowest BCUT2D eigenvalue weighted by molar-refractivity contribution is 0.352. The van der Waals surface area contributed by atoms with Crippen LogP contribution in [0.15, 0.2) is 53.7 Å². The van der Waals surface area contributed by atoms with Crippen molar-refractivity contribution in [2.75, 3.05) is 5.32 Å². The van der Waals surface area contributed by atoms with Gasteiger partial charge in [0.05, 0.1) is 6.04 Å². The van der Waals surface area contributed by atoms with Gasteiger partial charge in [-0.3, -0.25) is 0 Å². The molecule has 5 heteroatoms.